The molecule has 0 bridgehead atoms. The molecule has 1 heteroatoms. The highest BCUT2D eigenvalue weighted by molar-refractivity contribution is 6.98. The van der Waals surface area contributed by atoms with E-state index in [2.05, 4.69) is 56.0 Å². The minimum Gasteiger partial charge on any atom is -0.0808 e. The molecule has 2 aliphatic carbocycles. The van der Waals surface area contributed by atoms with E-state index in [9.17, 15) is 0 Å². The fourth-order valence-electron chi connectivity index (χ4n) is 4.52. The van der Waals surface area contributed by atoms with E-state index in [1.54, 1.807) is 16.0 Å². The van der Waals surface area contributed by atoms with Crippen molar-refractivity contribution in [1.29, 1.82) is 0 Å². The van der Waals surface area contributed by atoms with E-state index in [0.29, 0.717) is 0 Å². The molecule has 0 nitrogen and oxygen atoms in total. The topological polar surface area (TPSA) is 0 Å². The Morgan fingerprint density at radius 2 is 1.71 bits per heavy atom. The van der Waals surface area contributed by atoms with Crippen LogP contribution in [0, 0.1) is 0 Å². The number of allylic oxidation sites excluding steroid dienone is 4. The highest BCUT2D eigenvalue weighted by Gasteiger charge is 2.43. The van der Waals surface area contributed by atoms with Crippen molar-refractivity contribution in [2.45, 2.75) is 64.0 Å². The lowest BCUT2D eigenvalue weighted by atomic mass is 10.0. The third-order valence-electron chi connectivity index (χ3n) is 5.77. The second kappa shape index (κ2) is 6.35. The molecular formula is C20H28Si. The van der Waals surface area contributed by atoms with Gasteiger partial charge in [0.1, 0.15) is 8.07 Å². The first kappa shape index (κ1) is 14.8. The Hall–Kier alpha value is -1.08. The van der Waals surface area contributed by atoms with Crippen molar-refractivity contribution in [1.82, 2.24) is 0 Å². The number of benzene rings is 1. The van der Waals surface area contributed by atoms with Gasteiger partial charge in [-0.3, -0.25) is 0 Å². The lowest BCUT2D eigenvalue weighted by molar-refractivity contribution is 0.494. The molecule has 0 spiro atoms. The first-order chi connectivity index (χ1) is 10.3. The summed E-state index contributed by atoms with van der Waals surface area (Å²) >= 11 is 0. The maximum absolute atomic E-state index is 2.65. The van der Waals surface area contributed by atoms with Crippen LogP contribution in [0.2, 0.25) is 12.1 Å². The van der Waals surface area contributed by atoms with Gasteiger partial charge < -0.3 is 0 Å². The van der Waals surface area contributed by atoms with Gasteiger partial charge in [0.2, 0.25) is 0 Å². The molecule has 0 N–H and O–H groups in total. The van der Waals surface area contributed by atoms with Crippen molar-refractivity contribution < 1.29 is 0 Å². The Kier molecular flexibility index (Phi) is 4.49. The number of hydrogen-bond donors (Lipinski definition) is 0. The molecule has 2 aliphatic rings. The Labute approximate surface area is 131 Å². The number of rotatable bonds is 4. The van der Waals surface area contributed by atoms with E-state index in [4.69, 9.17) is 0 Å². The third kappa shape index (κ3) is 2.68. The van der Waals surface area contributed by atoms with Gasteiger partial charge in [-0.2, -0.15) is 0 Å². The van der Waals surface area contributed by atoms with E-state index in [-0.39, 0.29) is 0 Å². The van der Waals surface area contributed by atoms with Gasteiger partial charge in [-0.05, 0) is 18.4 Å². The summed E-state index contributed by atoms with van der Waals surface area (Å²) in [7, 11) is -1.58. The zero-order chi connectivity index (χ0) is 14.7. The maximum Gasteiger partial charge on any atom is 0.118 e. The maximum atomic E-state index is 2.65. The molecule has 0 aromatic heterocycles. The molecule has 0 aliphatic heterocycles. The second-order valence-electron chi connectivity index (χ2n) is 6.84. The van der Waals surface area contributed by atoms with Gasteiger partial charge in [-0.25, -0.2) is 0 Å². The molecule has 0 heterocycles. The van der Waals surface area contributed by atoms with Crippen molar-refractivity contribution in [2.24, 2.45) is 0 Å². The van der Waals surface area contributed by atoms with Gasteiger partial charge in [-0.1, -0.05) is 104 Å². The standard InChI is InChI=1S/C20H28Si/c1-3-17-11-10-16-20(17)21(2,18-12-6-4-7-13-18)19-14-8-5-9-15-19/h4,6-7,11-13,16,19H,3,5,8-10,14-15H2,1-2H3. The van der Waals surface area contributed by atoms with E-state index in [1.165, 1.54) is 44.9 Å². The van der Waals surface area contributed by atoms with Crippen LogP contribution in [-0.2, 0) is 0 Å². The van der Waals surface area contributed by atoms with Gasteiger partial charge in [0, 0.05) is 0 Å². The lowest BCUT2D eigenvalue weighted by Gasteiger charge is -2.41. The van der Waals surface area contributed by atoms with Crippen molar-refractivity contribution in [3.63, 3.8) is 0 Å². The summed E-state index contributed by atoms with van der Waals surface area (Å²) in [5, 5.41) is 3.42. The smallest absolute Gasteiger partial charge is 0.0808 e. The van der Waals surface area contributed by atoms with Crippen LogP contribution in [0.3, 0.4) is 0 Å². The summed E-state index contributed by atoms with van der Waals surface area (Å²) in [5.74, 6) is 0. The van der Waals surface area contributed by atoms with E-state index >= 15 is 0 Å². The molecule has 0 amide bonds. The van der Waals surface area contributed by atoms with Gasteiger partial charge in [0.15, 0.2) is 0 Å². The van der Waals surface area contributed by atoms with Crippen molar-refractivity contribution in [2.75, 3.05) is 0 Å². The molecule has 0 radical (unpaired) electrons. The molecule has 0 saturated heterocycles. The number of hydrogen-bond acceptors (Lipinski definition) is 0. The van der Waals surface area contributed by atoms with Crippen LogP contribution in [0.5, 0.6) is 0 Å². The van der Waals surface area contributed by atoms with E-state index in [1.807, 2.05) is 0 Å². The first-order valence-corrected chi connectivity index (χ1v) is 11.3. The Morgan fingerprint density at radius 3 is 2.38 bits per heavy atom. The molecule has 1 aromatic carbocycles. The van der Waals surface area contributed by atoms with Crippen LogP contribution >= 0.6 is 0 Å². The molecule has 1 aromatic rings. The van der Waals surface area contributed by atoms with Crippen LogP contribution in [0.1, 0.15) is 51.9 Å². The summed E-state index contributed by atoms with van der Waals surface area (Å²) in [6, 6.07) is 11.5. The van der Waals surface area contributed by atoms with Crippen LogP contribution in [0.4, 0.5) is 0 Å². The van der Waals surface area contributed by atoms with Gasteiger partial charge >= 0.3 is 0 Å². The van der Waals surface area contributed by atoms with Gasteiger partial charge in [0.05, 0.1) is 0 Å². The van der Waals surface area contributed by atoms with Crippen molar-refractivity contribution >= 4 is 13.3 Å². The molecule has 3 rings (SSSR count). The van der Waals surface area contributed by atoms with Crippen LogP contribution < -0.4 is 5.19 Å². The van der Waals surface area contributed by atoms with E-state index in [0.717, 1.165) is 5.54 Å². The summed E-state index contributed by atoms with van der Waals surface area (Å²) in [6.45, 7) is 4.98. The third-order valence-corrected chi connectivity index (χ3v) is 11.2. The molecule has 112 valence electrons. The zero-order valence-corrected chi connectivity index (χ0v) is 14.6. The monoisotopic (exact) mass is 296 g/mol. The summed E-state index contributed by atoms with van der Waals surface area (Å²) in [6.07, 6.45) is 14.6. The zero-order valence-electron chi connectivity index (χ0n) is 13.6. The normalized spacial score (nSPS) is 22.6. The summed E-state index contributed by atoms with van der Waals surface area (Å²) in [4.78, 5) is 0. The Balaban J connectivity index is 2.04. The predicted octanol–water partition coefficient (Wildman–Crippen LogP) is 5.51. The first-order valence-electron chi connectivity index (χ1n) is 8.72. The average molecular weight is 297 g/mol. The van der Waals surface area contributed by atoms with Crippen molar-refractivity contribution in [3.05, 3.63) is 53.3 Å². The van der Waals surface area contributed by atoms with Gasteiger partial charge in [0.25, 0.3) is 0 Å². The second-order valence-corrected chi connectivity index (χ2v) is 11.2. The minimum atomic E-state index is -1.58. The Bertz CT molecular complexity index is 534. The average Bonchev–Trinajstić information content (AvgIpc) is 3.05. The Morgan fingerprint density at radius 1 is 1.00 bits per heavy atom. The van der Waals surface area contributed by atoms with Gasteiger partial charge in [-0.15, -0.1) is 0 Å². The fraction of sp³-hybridized carbons (Fsp3) is 0.500. The predicted molar refractivity (Wildman–Crippen MR) is 95.6 cm³/mol. The fourth-order valence-corrected chi connectivity index (χ4v) is 9.67. The summed E-state index contributed by atoms with van der Waals surface area (Å²) < 4.78 is 0. The van der Waals surface area contributed by atoms with Crippen LogP contribution in [-0.4, -0.2) is 8.07 Å². The molecule has 1 saturated carbocycles. The van der Waals surface area contributed by atoms with Crippen molar-refractivity contribution in [3.8, 4) is 0 Å². The molecule has 21 heavy (non-hydrogen) atoms. The molecule has 1 unspecified atom stereocenters. The van der Waals surface area contributed by atoms with Crippen LogP contribution in [0.15, 0.2) is 53.3 Å². The minimum absolute atomic E-state index is 0.938. The quantitative estimate of drug-likeness (QED) is 0.642. The molecule has 1 fully saturated rings. The highest BCUT2D eigenvalue weighted by Crippen LogP contribution is 2.44. The molecular weight excluding hydrogens is 268 g/mol. The lowest BCUT2D eigenvalue weighted by Crippen LogP contribution is -2.52. The molecule has 1 atom stereocenters. The largest absolute Gasteiger partial charge is 0.118 e. The van der Waals surface area contributed by atoms with Crippen LogP contribution in [0.25, 0.3) is 0 Å². The van der Waals surface area contributed by atoms with E-state index < -0.39 is 8.07 Å². The SMILES string of the molecule is CCC1=CCC=C1[Si](C)(c1ccccc1)C1CCCCC1. The highest BCUT2D eigenvalue weighted by atomic mass is 28.3. The summed E-state index contributed by atoms with van der Waals surface area (Å²) in [5.41, 5.74) is 2.59.